The SMILES string of the molecule is Nc1cccc2oc(Cn3cc(C(F)(F)F)cn3)nc12. The Hall–Kier alpha value is -2.51. The molecule has 0 amide bonds. The first kappa shape index (κ1) is 12.5. The average molecular weight is 282 g/mol. The van der Waals surface area contributed by atoms with Crippen LogP contribution < -0.4 is 5.73 Å². The number of anilines is 1. The summed E-state index contributed by atoms with van der Waals surface area (Å²) in [4.78, 5) is 4.15. The Morgan fingerprint density at radius 3 is 2.75 bits per heavy atom. The molecule has 5 nitrogen and oxygen atoms in total. The number of nitrogen functional groups attached to an aromatic ring is 1. The first-order valence-corrected chi connectivity index (χ1v) is 5.67. The van der Waals surface area contributed by atoms with E-state index in [2.05, 4.69) is 10.1 Å². The molecule has 8 heteroatoms. The standard InChI is InChI=1S/C12H9F3N4O/c13-12(14,15)7-4-17-19(5-7)6-10-18-11-8(16)2-1-3-9(11)20-10/h1-5H,6,16H2. The van der Waals surface area contributed by atoms with Crippen LogP contribution in [0.15, 0.2) is 35.0 Å². The van der Waals surface area contributed by atoms with Crippen molar-refractivity contribution in [2.45, 2.75) is 12.7 Å². The van der Waals surface area contributed by atoms with Gasteiger partial charge in [0.15, 0.2) is 5.58 Å². The summed E-state index contributed by atoms with van der Waals surface area (Å²) in [6, 6.07) is 5.07. The fraction of sp³-hybridized carbons (Fsp3) is 0.167. The number of nitrogens with zero attached hydrogens (tertiary/aromatic N) is 3. The number of hydrogen-bond acceptors (Lipinski definition) is 4. The highest BCUT2D eigenvalue weighted by Gasteiger charge is 2.32. The number of rotatable bonds is 2. The molecular weight excluding hydrogens is 273 g/mol. The summed E-state index contributed by atoms with van der Waals surface area (Å²) in [6.45, 7) is 0.00417. The molecule has 20 heavy (non-hydrogen) atoms. The number of aromatic nitrogens is 3. The normalized spacial score (nSPS) is 12.2. The summed E-state index contributed by atoms with van der Waals surface area (Å²) < 4.78 is 43.9. The molecule has 0 unspecified atom stereocenters. The number of para-hydroxylation sites is 1. The Bertz CT molecular complexity index is 759. The van der Waals surface area contributed by atoms with Gasteiger partial charge in [-0.05, 0) is 12.1 Å². The van der Waals surface area contributed by atoms with Gasteiger partial charge in [-0.2, -0.15) is 18.3 Å². The van der Waals surface area contributed by atoms with Crippen LogP contribution in [0.5, 0.6) is 0 Å². The lowest BCUT2D eigenvalue weighted by molar-refractivity contribution is -0.137. The number of benzene rings is 1. The molecule has 0 saturated carbocycles. The molecule has 0 spiro atoms. The highest BCUT2D eigenvalue weighted by molar-refractivity contribution is 5.85. The lowest BCUT2D eigenvalue weighted by Crippen LogP contribution is -2.04. The number of oxazole rings is 1. The maximum Gasteiger partial charge on any atom is 0.419 e. The van der Waals surface area contributed by atoms with E-state index < -0.39 is 11.7 Å². The molecule has 2 N–H and O–H groups in total. The highest BCUT2D eigenvalue weighted by Crippen LogP contribution is 2.28. The van der Waals surface area contributed by atoms with Gasteiger partial charge in [0.05, 0.1) is 17.4 Å². The van der Waals surface area contributed by atoms with Crippen LogP contribution in [-0.4, -0.2) is 14.8 Å². The molecule has 2 aromatic heterocycles. The van der Waals surface area contributed by atoms with E-state index in [9.17, 15) is 13.2 Å². The van der Waals surface area contributed by atoms with Crippen LogP contribution in [0, 0.1) is 0 Å². The number of fused-ring (bicyclic) bond motifs is 1. The monoisotopic (exact) mass is 282 g/mol. The molecule has 0 bridgehead atoms. The van der Waals surface area contributed by atoms with E-state index in [1.807, 2.05) is 0 Å². The minimum absolute atomic E-state index is 0.00417. The van der Waals surface area contributed by atoms with Gasteiger partial charge in [-0.15, -0.1) is 0 Å². The van der Waals surface area contributed by atoms with Gasteiger partial charge >= 0.3 is 6.18 Å². The number of hydrogen-bond donors (Lipinski definition) is 1. The molecule has 0 radical (unpaired) electrons. The third kappa shape index (κ3) is 2.20. The summed E-state index contributed by atoms with van der Waals surface area (Å²) in [5.74, 6) is 0.245. The fourth-order valence-electron chi connectivity index (χ4n) is 1.82. The van der Waals surface area contributed by atoms with Gasteiger partial charge < -0.3 is 10.2 Å². The number of halogens is 3. The zero-order chi connectivity index (χ0) is 14.3. The van der Waals surface area contributed by atoms with Gasteiger partial charge in [-0.1, -0.05) is 6.07 Å². The van der Waals surface area contributed by atoms with Crippen LogP contribution in [0.4, 0.5) is 18.9 Å². The largest absolute Gasteiger partial charge is 0.439 e. The first-order valence-electron chi connectivity index (χ1n) is 5.67. The van der Waals surface area contributed by atoms with E-state index in [1.165, 1.54) is 0 Å². The van der Waals surface area contributed by atoms with Crippen LogP contribution in [0.3, 0.4) is 0 Å². The summed E-state index contributed by atoms with van der Waals surface area (Å²) in [5.41, 5.74) is 6.35. The van der Waals surface area contributed by atoms with Crippen LogP contribution in [0.1, 0.15) is 11.5 Å². The Morgan fingerprint density at radius 2 is 2.10 bits per heavy atom. The number of nitrogens with two attached hydrogens (primary N) is 1. The molecule has 0 aliphatic carbocycles. The van der Waals surface area contributed by atoms with Crippen LogP contribution in [0.25, 0.3) is 11.1 Å². The Kier molecular flexibility index (Phi) is 2.66. The summed E-state index contributed by atoms with van der Waals surface area (Å²) >= 11 is 0. The summed E-state index contributed by atoms with van der Waals surface area (Å²) in [7, 11) is 0. The van der Waals surface area contributed by atoms with Crippen LogP contribution >= 0.6 is 0 Å². The Balaban J connectivity index is 1.90. The van der Waals surface area contributed by atoms with Crippen molar-refractivity contribution in [3.05, 3.63) is 42.0 Å². The second-order valence-corrected chi connectivity index (χ2v) is 4.23. The van der Waals surface area contributed by atoms with E-state index in [0.29, 0.717) is 16.8 Å². The molecule has 0 saturated heterocycles. The van der Waals surface area contributed by atoms with Crippen molar-refractivity contribution in [2.75, 3.05) is 5.73 Å². The van der Waals surface area contributed by atoms with Gasteiger partial charge in [-0.3, -0.25) is 4.68 Å². The summed E-state index contributed by atoms with van der Waals surface area (Å²) in [5, 5.41) is 3.64. The topological polar surface area (TPSA) is 69.9 Å². The maximum absolute atomic E-state index is 12.5. The van der Waals surface area contributed by atoms with Gasteiger partial charge in [0.1, 0.15) is 12.1 Å². The molecule has 0 fully saturated rings. The van der Waals surface area contributed by atoms with Crippen molar-refractivity contribution in [1.82, 2.24) is 14.8 Å². The van der Waals surface area contributed by atoms with E-state index in [-0.39, 0.29) is 12.4 Å². The van der Waals surface area contributed by atoms with E-state index in [4.69, 9.17) is 10.2 Å². The van der Waals surface area contributed by atoms with Crippen molar-refractivity contribution in [2.24, 2.45) is 0 Å². The number of alkyl halides is 3. The third-order valence-electron chi connectivity index (χ3n) is 2.75. The van der Waals surface area contributed by atoms with E-state index in [1.54, 1.807) is 18.2 Å². The average Bonchev–Trinajstić information content (AvgIpc) is 2.96. The molecule has 1 aromatic carbocycles. The van der Waals surface area contributed by atoms with Crippen molar-refractivity contribution < 1.29 is 17.6 Å². The highest BCUT2D eigenvalue weighted by atomic mass is 19.4. The predicted molar refractivity (Wildman–Crippen MR) is 64.8 cm³/mol. The smallest absolute Gasteiger partial charge is 0.419 e. The van der Waals surface area contributed by atoms with Gasteiger partial charge in [0.25, 0.3) is 0 Å². The Labute approximate surface area is 110 Å². The second kappa shape index (κ2) is 4.26. The molecule has 3 rings (SSSR count). The van der Waals surface area contributed by atoms with Crippen molar-refractivity contribution in [3.8, 4) is 0 Å². The maximum atomic E-state index is 12.5. The van der Waals surface area contributed by atoms with Crippen LogP contribution in [-0.2, 0) is 12.7 Å². The van der Waals surface area contributed by atoms with E-state index >= 15 is 0 Å². The zero-order valence-electron chi connectivity index (χ0n) is 10.1. The Morgan fingerprint density at radius 1 is 1.30 bits per heavy atom. The summed E-state index contributed by atoms with van der Waals surface area (Å²) in [6.07, 6.45) is -2.75. The predicted octanol–water partition coefficient (Wildman–Crippen LogP) is 2.67. The second-order valence-electron chi connectivity index (χ2n) is 4.23. The van der Waals surface area contributed by atoms with Gasteiger partial charge in [0.2, 0.25) is 5.89 Å². The van der Waals surface area contributed by atoms with Gasteiger partial charge in [0, 0.05) is 6.20 Å². The molecular formula is C12H9F3N4O. The van der Waals surface area contributed by atoms with Crippen molar-refractivity contribution >= 4 is 16.8 Å². The quantitative estimate of drug-likeness (QED) is 0.734. The van der Waals surface area contributed by atoms with E-state index in [0.717, 1.165) is 17.1 Å². The lowest BCUT2D eigenvalue weighted by Gasteiger charge is -2.00. The molecule has 3 aromatic rings. The van der Waals surface area contributed by atoms with Crippen LogP contribution in [0.2, 0.25) is 0 Å². The molecule has 104 valence electrons. The minimum atomic E-state index is -4.41. The molecule has 0 aliphatic rings. The van der Waals surface area contributed by atoms with Gasteiger partial charge in [-0.25, -0.2) is 4.98 Å². The fourth-order valence-corrected chi connectivity index (χ4v) is 1.82. The lowest BCUT2D eigenvalue weighted by atomic mass is 10.3. The van der Waals surface area contributed by atoms with Crippen molar-refractivity contribution in [1.29, 1.82) is 0 Å². The molecule has 2 heterocycles. The minimum Gasteiger partial charge on any atom is -0.439 e. The molecule has 0 atom stereocenters. The van der Waals surface area contributed by atoms with Crippen molar-refractivity contribution in [3.63, 3.8) is 0 Å². The third-order valence-corrected chi connectivity index (χ3v) is 2.75. The first-order chi connectivity index (χ1) is 9.43. The molecule has 0 aliphatic heterocycles. The zero-order valence-corrected chi connectivity index (χ0v) is 10.1.